The molecule has 0 aromatic carbocycles. The van der Waals surface area contributed by atoms with Gasteiger partial charge in [0.15, 0.2) is 0 Å². The summed E-state index contributed by atoms with van der Waals surface area (Å²) < 4.78 is 5.42. The summed E-state index contributed by atoms with van der Waals surface area (Å²) in [4.78, 5) is 0. The second-order valence-corrected chi connectivity index (χ2v) is 3.29. The standard InChI is InChI=1S/C6H5ClN2OS/c1-2-3-10-4-5-8-9-6(7)11-5/h1H,3-4H2. The highest BCUT2D eigenvalue weighted by atomic mass is 35.5. The largest absolute Gasteiger partial charge is 0.362 e. The van der Waals surface area contributed by atoms with E-state index in [-0.39, 0.29) is 6.61 Å². The van der Waals surface area contributed by atoms with E-state index in [1.54, 1.807) is 0 Å². The molecule has 0 radical (unpaired) electrons. The van der Waals surface area contributed by atoms with Crippen molar-refractivity contribution in [2.24, 2.45) is 0 Å². The Labute approximate surface area is 73.4 Å². The molecule has 3 nitrogen and oxygen atoms in total. The zero-order valence-corrected chi connectivity index (χ0v) is 7.15. The van der Waals surface area contributed by atoms with Gasteiger partial charge in [-0.15, -0.1) is 16.6 Å². The minimum atomic E-state index is 0.289. The third-order valence-corrected chi connectivity index (χ3v) is 1.85. The van der Waals surface area contributed by atoms with E-state index in [1.807, 2.05) is 0 Å². The Hall–Kier alpha value is -0.630. The maximum absolute atomic E-state index is 5.52. The lowest BCUT2D eigenvalue weighted by atomic mass is 10.7. The molecule has 0 aliphatic rings. The van der Waals surface area contributed by atoms with Gasteiger partial charge >= 0.3 is 0 Å². The van der Waals surface area contributed by atoms with Gasteiger partial charge in [0.05, 0.1) is 0 Å². The zero-order chi connectivity index (χ0) is 8.10. The lowest BCUT2D eigenvalue weighted by Gasteiger charge is -1.91. The second-order valence-electron chi connectivity index (χ2n) is 1.65. The molecule has 0 amide bonds. The van der Waals surface area contributed by atoms with E-state index in [0.29, 0.717) is 11.1 Å². The monoisotopic (exact) mass is 188 g/mol. The molecule has 1 aromatic heterocycles. The number of ether oxygens (including phenoxy) is 1. The van der Waals surface area contributed by atoms with E-state index in [0.717, 1.165) is 5.01 Å². The summed E-state index contributed by atoms with van der Waals surface area (Å²) in [7, 11) is 0. The maximum atomic E-state index is 5.52. The van der Waals surface area contributed by atoms with Gasteiger partial charge in [0.25, 0.3) is 0 Å². The summed E-state index contributed by atoms with van der Waals surface area (Å²) in [6.45, 7) is 0.672. The van der Waals surface area contributed by atoms with Crippen molar-refractivity contribution in [1.82, 2.24) is 10.2 Å². The molecular formula is C6H5ClN2OS. The molecule has 0 atom stereocenters. The number of nitrogens with zero attached hydrogens (tertiary/aromatic N) is 2. The molecule has 0 fully saturated rings. The van der Waals surface area contributed by atoms with Crippen molar-refractivity contribution in [3.63, 3.8) is 0 Å². The van der Waals surface area contributed by atoms with Crippen molar-refractivity contribution in [3.8, 4) is 12.3 Å². The Morgan fingerprint density at radius 2 is 2.45 bits per heavy atom. The summed E-state index contributed by atoms with van der Waals surface area (Å²) in [5.74, 6) is 2.35. The molecule has 5 heteroatoms. The van der Waals surface area contributed by atoms with Crippen LogP contribution in [0.1, 0.15) is 5.01 Å². The van der Waals surface area contributed by atoms with Crippen molar-refractivity contribution in [1.29, 1.82) is 0 Å². The van der Waals surface area contributed by atoms with Crippen LogP contribution in [0.25, 0.3) is 0 Å². The second kappa shape index (κ2) is 4.29. The van der Waals surface area contributed by atoms with Crippen LogP contribution in [0.2, 0.25) is 4.47 Å². The Balaban J connectivity index is 2.34. The molecule has 0 aliphatic heterocycles. The average Bonchev–Trinajstić information content (AvgIpc) is 2.37. The first-order valence-corrected chi connectivity index (χ1v) is 4.01. The van der Waals surface area contributed by atoms with Crippen LogP contribution < -0.4 is 0 Å². The molecule has 1 rings (SSSR count). The van der Waals surface area contributed by atoms with Gasteiger partial charge in [0, 0.05) is 0 Å². The Bertz CT molecular complexity index is 268. The van der Waals surface area contributed by atoms with E-state index < -0.39 is 0 Å². The maximum Gasteiger partial charge on any atom is 0.207 e. The fourth-order valence-corrected chi connectivity index (χ4v) is 1.29. The summed E-state index contributed by atoms with van der Waals surface area (Å²) >= 11 is 6.81. The Kier molecular flexibility index (Phi) is 3.30. The van der Waals surface area contributed by atoms with Crippen LogP contribution in [-0.2, 0) is 11.3 Å². The molecule has 0 spiro atoms. The van der Waals surface area contributed by atoms with E-state index in [2.05, 4.69) is 16.1 Å². The SMILES string of the molecule is C#CCOCc1nnc(Cl)s1. The minimum absolute atomic E-state index is 0.289. The van der Waals surface area contributed by atoms with Gasteiger partial charge in [-0.25, -0.2) is 0 Å². The predicted octanol–water partition coefficient (Wildman–Crippen LogP) is 1.34. The number of hydrogen-bond donors (Lipinski definition) is 0. The molecule has 1 aromatic rings. The van der Waals surface area contributed by atoms with Crippen LogP contribution in [0.5, 0.6) is 0 Å². The van der Waals surface area contributed by atoms with Gasteiger partial charge in [-0.2, -0.15) is 0 Å². The summed E-state index contributed by atoms with van der Waals surface area (Å²) in [5, 5.41) is 8.07. The molecule has 11 heavy (non-hydrogen) atoms. The Morgan fingerprint density at radius 3 is 3.00 bits per heavy atom. The lowest BCUT2D eigenvalue weighted by molar-refractivity contribution is 0.153. The number of aromatic nitrogens is 2. The van der Waals surface area contributed by atoms with Crippen molar-refractivity contribution >= 4 is 22.9 Å². The highest BCUT2D eigenvalue weighted by Crippen LogP contribution is 2.14. The van der Waals surface area contributed by atoms with Gasteiger partial charge in [0.1, 0.15) is 18.2 Å². The van der Waals surface area contributed by atoms with E-state index in [4.69, 9.17) is 22.8 Å². The number of rotatable bonds is 3. The third kappa shape index (κ3) is 2.85. The summed E-state index contributed by atoms with van der Waals surface area (Å²) in [6, 6.07) is 0. The number of hydrogen-bond acceptors (Lipinski definition) is 4. The van der Waals surface area contributed by atoms with Crippen molar-refractivity contribution in [2.75, 3.05) is 6.61 Å². The zero-order valence-electron chi connectivity index (χ0n) is 5.58. The number of halogens is 1. The van der Waals surface area contributed by atoms with Gasteiger partial charge in [0.2, 0.25) is 4.47 Å². The molecule has 0 saturated carbocycles. The molecule has 1 heterocycles. The normalized spacial score (nSPS) is 9.45. The summed E-state index contributed by atoms with van der Waals surface area (Å²) in [5.41, 5.74) is 0. The van der Waals surface area contributed by atoms with Crippen molar-refractivity contribution < 1.29 is 4.74 Å². The average molecular weight is 189 g/mol. The predicted molar refractivity (Wildman–Crippen MR) is 43.4 cm³/mol. The van der Waals surface area contributed by atoms with Crippen LogP contribution in [-0.4, -0.2) is 16.8 Å². The van der Waals surface area contributed by atoms with Gasteiger partial charge in [-0.05, 0) is 11.6 Å². The fourth-order valence-electron chi connectivity index (χ4n) is 0.489. The first-order chi connectivity index (χ1) is 5.33. The van der Waals surface area contributed by atoms with Crippen LogP contribution >= 0.6 is 22.9 Å². The molecule has 0 bridgehead atoms. The van der Waals surface area contributed by atoms with Crippen LogP contribution in [0.3, 0.4) is 0 Å². The topological polar surface area (TPSA) is 35.0 Å². The van der Waals surface area contributed by atoms with Crippen LogP contribution in [0.4, 0.5) is 0 Å². The van der Waals surface area contributed by atoms with Crippen molar-refractivity contribution in [2.45, 2.75) is 6.61 Å². The number of terminal acetylenes is 1. The lowest BCUT2D eigenvalue weighted by Crippen LogP contribution is -1.91. The first kappa shape index (κ1) is 8.47. The molecule has 0 N–H and O–H groups in total. The Morgan fingerprint density at radius 1 is 1.64 bits per heavy atom. The smallest absolute Gasteiger partial charge is 0.207 e. The highest BCUT2D eigenvalue weighted by molar-refractivity contribution is 7.15. The molecule has 0 unspecified atom stereocenters. The fraction of sp³-hybridized carbons (Fsp3) is 0.333. The minimum Gasteiger partial charge on any atom is -0.362 e. The molecule has 0 aliphatic carbocycles. The third-order valence-electron chi connectivity index (χ3n) is 0.853. The van der Waals surface area contributed by atoms with Gasteiger partial charge in [-0.3, -0.25) is 0 Å². The van der Waals surface area contributed by atoms with Crippen LogP contribution in [0.15, 0.2) is 0 Å². The van der Waals surface area contributed by atoms with E-state index >= 15 is 0 Å². The van der Waals surface area contributed by atoms with Crippen molar-refractivity contribution in [3.05, 3.63) is 9.47 Å². The summed E-state index contributed by atoms with van der Waals surface area (Å²) in [6.07, 6.45) is 4.96. The quantitative estimate of drug-likeness (QED) is 0.531. The molecule has 0 saturated heterocycles. The van der Waals surface area contributed by atoms with E-state index in [9.17, 15) is 0 Å². The van der Waals surface area contributed by atoms with Crippen LogP contribution in [0, 0.1) is 12.3 Å². The first-order valence-electron chi connectivity index (χ1n) is 2.82. The molecular weight excluding hydrogens is 184 g/mol. The van der Waals surface area contributed by atoms with Gasteiger partial charge in [-0.1, -0.05) is 17.3 Å². The molecule has 58 valence electrons. The van der Waals surface area contributed by atoms with E-state index in [1.165, 1.54) is 11.3 Å². The van der Waals surface area contributed by atoms with Gasteiger partial charge < -0.3 is 4.74 Å². The highest BCUT2D eigenvalue weighted by Gasteiger charge is 1.99.